The van der Waals surface area contributed by atoms with Crippen molar-refractivity contribution >= 4 is 41.5 Å². The third-order valence-electron chi connectivity index (χ3n) is 5.66. The van der Waals surface area contributed by atoms with Gasteiger partial charge in [-0.1, -0.05) is 37.1 Å². The lowest BCUT2D eigenvalue weighted by molar-refractivity contribution is -0.134. The monoisotopic (exact) mass is 381 g/mol. The molecule has 6 heteroatoms. The van der Waals surface area contributed by atoms with Crippen LogP contribution in [0.4, 0.5) is 0 Å². The van der Waals surface area contributed by atoms with Gasteiger partial charge in [-0.25, -0.2) is 0 Å². The maximum absolute atomic E-state index is 12.9. The molecule has 1 amide bonds. The van der Waals surface area contributed by atoms with Gasteiger partial charge < -0.3 is 10.6 Å². The van der Waals surface area contributed by atoms with Gasteiger partial charge in [0.1, 0.15) is 0 Å². The highest BCUT2D eigenvalue weighted by atomic mass is 35.5. The molecule has 1 aromatic carbocycles. The van der Waals surface area contributed by atoms with Crippen molar-refractivity contribution in [3.05, 3.63) is 42.2 Å². The van der Waals surface area contributed by atoms with E-state index in [1.54, 1.807) is 0 Å². The van der Waals surface area contributed by atoms with E-state index in [9.17, 15) is 4.79 Å². The predicted octanol–water partition coefficient (Wildman–Crippen LogP) is 3.47. The first kappa shape index (κ1) is 20.0. The first-order chi connectivity index (χ1) is 11.3. The molecular weight excluding hydrogens is 357 g/mol. The fourth-order valence-electron chi connectivity index (χ4n) is 4.35. The molecule has 0 bridgehead atoms. The molecule has 1 aliphatic heterocycles. The predicted molar refractivity (Wildman–Crippen MR) is 105 cm³/mol. The SMILES string of the molecule is Cl.Cl.O=C(NCc1nccc2ccccc12)[C@@]12CCCC[C@H]1CNC2. The number of carbonyl (C=O) groups is 1. The van der Waals surface area contributed by atoms with E-state index in [1.165, 1.54) is 18.2 Å². The van der Waals surface area contributed by atoms with Crippen LogP contribution in [0.15, 0.2) is 36.5 Å². The molecule has 2 N–H and O–H groups in total. The Morgan fingerprint density at radius 2 is 2.08 bits per heavy atom. The first-order valence-electron chi connectivity index (χ1n) is 8.61. The van der Waals surface area contributed by atoms with Crippen LogP contribution in [0.2, 0.25) is 0 Å². The first-order valence-corrected chi connectivity index (χ1v) is 8.61. The van der Waals surface area contributed by atoms with Gasteiger partial charge in [0, 0.05) is 18.1 Å². The van der Waals surface area contributed by atoms with Crippen LogP contribution in [-0.2, 0) is 11.3 Å². The third kappa shape index (κ3) is 3.62. The van der Waals surface area contributed by atoms with Crippen molar-refractivity contribution in [2.24, 2.45) is 11.3 Å². The molecule has 2 aromatic rings. The molecule has 2 aliphatic rings. The summed E-state index contributed by atoms with van der Waals surface area (Å²) in [6.45, 7) is 2.32. The Labute approximate surface area is 161 Å². The van der Waals surface area contributed by atoms with Crippen molar-refractivity contribution in [3.8, 4) is 0 Å². The molecule has 2 atom stereocenters. The van der Waals surface area contributed by atoms with Crippen LogP contribution in [0.3, 0.4) is 0 Å². The van der Waals surface area contributed by atoms with Crippen LogP contribution in [0.5, 0.6) is 0 Å². The van der Waals surface area contributed by atoms with E-state index in [4.69, 9.17) is 0 Å². The molecule has 25 heavy (non-hydrogen) atoms. The molecule has 0 unspecified atom stereocenters. The molecule has 1 saturated carbocycles. The highest BCUT2D eigenvalue weighted by Crippen LogP contribution is 2.43. The minimum Gasteiger partial charge on any atom is -0.350 e. The van der Waals surface area contributed by atoms with Crippen LogP contribution in [0.25, 0.3) is 10.8 Å². The number of carbonyl (C=O) groups excluding carboxylic acids is 1. The summed E-state index contributed by atoms with van der Waals surface area (Å²) in [5.74, 6) is 0.707. The van der Waals surface area contributed by atoms with Crippen molar-refractivity contribution in [2.75, 3.05) is 13.1 Å². The van der Waals surface area contributed by atoms with Crippen molar-refractivity contribution in [1.29, 1.82) is 0 Å². The van der Waals surface area contributed by atoms with Crippen LogP contribution in [-0.4, -0.2) is 24.0 Å². The summed E-state index contributed by atoms with van der Waals surface area (Å²) in [4.78, 5) is 17.4. The molecule has 1 aliphatic carbocycles. The van der Waals surface area contributed by atoms with Crippen molar-refractivity contribution in [2.45, 2.75) is 32.2 Å². The number of rotatable bonds is 3. The molecule has 4 nitrogen and oxygen atoms in total. The Hall–Kier alpha value is -1.36. The molecule has 1 saturated heterocycles. The average Bonchev–Trinajstić information content (AvgIpc) is 3.05. The minimum absolute atomic E-state index is 0. The number of nitrogens with one attached hydrogen (secondary N) is 2. The van der Waals surface area contributed by atoms with Gasteiger partial charge in [-0.2, -0.15) is 0 Å². The molecule has 2 heterocycles. The Balaban J connectivity index is 0.00000113. The van der Waals surface area contributed by atoms with E-state index < -0.39 is 0 Å². The fraction of sp³-hybridized carbons (Fsp3) is 0.474. The summed E-state index contributed by atoms with van der Waals surface area (Å²) in [5, 5.41) is 8.91. The summed E-state index contributed by atoms with van der Waals surface area (Å²) in [6, 6.07) is 10.2. The van der Waals surface area contributed by atoms with Gasteiger partial charge in [-0.3, -0.25) is 9.78 Å². The van der Waals surface area contributed by atoms with Crippen molar-refractivity contribution < 1.29 is 4.79 Å². The standard InChI is InChI=1S/C19H23N3O.2ClH/c23-18(19-9-4-3-6-15(19)11-20-13-19)22-12-17-16-7-2-1-5-14(16)8-10-21-17;;/h1-2,5,7-8,10,15,20H,3-4,6,9,11-13H2,(H,22,23);2*1H/t15-,19+;;/m0../s1. The second-order valence-electron chi connectivity index (χ2n) is 6.89. The normalized spacial score (nSPS) is 24.7. The number of halogens is 2. The zero-order valence-corrected chi connectivity index (χ0v) is 15.8. The highest BCUT2D eigenvalue weighted by Gasteiger charge is 2.49. The van der Waals surface area contributed by atoms with Crippen LogP contribution >= 0.6 is 24.8 Å². The zero-order valence-electron chi connectivity index (χ0n) is 14.2. The zero-order chi connectivity index (χ0) is 15.7. The fourth-order valence-corrected chi connectivity index (χ4v) is 4.35. The summed E-state index contributed by atoms with van der Waals surface area (Å²) >= 11 is 0. The smallest absolute Gasteiger partial charge is 0.228 e. The molecule has 0 spiro atoms. The van der Waals surface area contributed by atoms with Crippen LogP contribution < -0.4 is 10.6 Å². The Bertz CT molecular complexity index is 734. The maximum atomic E-state index is 12.9. The second-order valence-corrected chi connectivity index (χ2v) is 6.89. The van der Waals surface area contributed by atoms with Gasteiger partial charge >= 0.3 is 0 Å². The van der Waals surface area contributed by atoms with Gasteiger partial charge in [0.15, 0.2) is 0 Å². The van der Waals surface area contributed by atoms with E-state index >= 15 is 0 Å². The summed E-state index contributed by atoms with van der Waals surface area (Å²) < 4.78 is 0. The Morgan fingerprint density at radius 3 is 2.96 bits per heavy atom. The van der Waals surface area contributed by atoms with E-state index in [-0.39, 0.29) is 36.1 Å². The Kier molecular flexibility index (Phi) is 6.66. The van der Waals surface area contributed by atoms with Crippen molar-refractivity contribution in [3.63, 3.8) is 0 Å². The number of hydrogen-bond acceptors (Lipinski definition) is 3. The summed E-state index contributed by atoms with van der Waals surface area (Å²) in [6.07, 6.45) is 6.43. The van der Waals surface area contributed by atoms with Gasteiger partial charge in [0.05, 0.1) is 17.7 Å². The van der Waals surface area contributed by atoms with Crippen LogP contribution in [0.1, 0.15) is 31.4 Å². The summed E-state index contributed by atoms with van der Waals surface area (Å²) in [7, 11) is 0. The minimum atomic E-state index is -0.192. The maximum Gasteiger partial charge on any atom is 0.228 e. The largest absolute Gasteiger partial charge is 0.350 e. The quantitative estimate of drug-likeness (QED) is 0.855. The lowest BCUT2D eigenvalue weighted by Crippen LogP contribution is -2.47. The van der Waals surface area contributed by atoms with Gasteiger partial charge in [-0.15, -0.1) is 24.8 Å². The van der Waals surface area contributed by atoms with E-state index in [0.29, 0.717) is 12.5 Å². The number of benzene rings is 1. The number of fused-ring (bicyclic) bond motifs is 2. The number of amides is 1. The van der Waals surface area contributed by atoms with Crippen LogP contribution in [0, 0.1) is 11.3 Å². The number of aromatic nitrogens is 1. The number of pyridine rings is 1. The topological polar surface area (TPSA) is 54.0 Å². The molecular formula is C19H25Cl2N3O. The lowest BCUT2D eigenvalue weighted by atomic mass is 9.67. The number of nitrogens with zero attached hydrogens (tertiary/aromatic N) is 1. The van der Waals surface area contributed by atoms with E-state index in [1.807, 2.05) is 24.4 Å². The molecule has 2 fully saturated rings. The van der Waals surface area contributed by atoms with Gasteiger partial charge in [0.2, 0.25) is 5.91 Å². The average molecular weight is 382 g/mol. The highest BCUT2D eigenvalue weighted by molar-refractivity contribution is 5.86. The van der Waals surface area contributed by atoms with E-state index in [0.717, 1.165) is 37.0 Å². The molecule has 4 rings (SSSR count). The molecule has 0 radical (unpaired) electrons. The molecule has 136 valence electrons. The Morgan fingerprint density at radius 1 is 1.24 bits per heavy atom. The third-order valence-corrected chi connectivity index (χ3v) is 5.66. The van der Waals surface area contributed by atoms with Gasteiger partial charge in [0.25, 0.3) is 0 Å². The van der Waals surface area contributed by atoms with Gasteiger partial charge in [-0.05, 0) is 36.8 Å². The lowest BCUT2D eigenvalue weighted by Gasteiger charge is -2.37. The number of hydrogen-bond donors (Lipinski definition) is 2. The molecule has 1 aromatic heterocycles. The van der Waals surface area contributed by atoms with Crippen molar-refractivity contribution in [1.82, 2.24) is 15.6 Å². The van der Waals surface area contributed by atoms with E-state index in [2.05, 4.69) is 27.8 Å². The summed E-state index contributed by atoms with van der Waals surface area (Å²) in [5.41, 5.74) is 0.759. The second kappa shape index (κ2) is 8.35.